The maximum absolute atomic E-state index is 11.1. The predicted octanol–water partition coefficient (Wildman–Crippen LogP) is 2.36. The highest BCUT2D eigenvalue weighted by atomic mass is 32.2. The molecule has 18 heavy (non-hydrogen) atoms. The van der Waals surface area contributed by atoms with E-state index >= 15 is 0 Å². The molecule has 2 N–H and O–H groups in total. The van der Waals surface area contributed by atoms with Crippen LogP contribution in [-0.4, -0.2) is 34.7 Å². The van der Waals surface area contributed by atoms with Crippen molar-refractivity contribution in [2.45, 2.75) is 24.9 Å². The zero-order valence-corrected chi connectivity index (χ0v) is 11.5. The van der Waals surface area contributed by atoms with Gasteiger partial charge < -0.3 is 10.6 Å². The topological polar surface area (TPSA) is 93.0 Å². The molecule has 0 bridgehead atoms. The smallest absolute Gasteiger partial charge is 0.353 e. The Morgan fingerprint density at radius 2 is 2.06 bits per heavy atom. The third kappa shape index (κ3) is 3.46. The first kappa shape index (κ1) is 14.5. The second-order valence-electron chi connectivity index (χ2n) is 3.54. The highest BCUT2D eigenvalue weighted by Crippen LogP contribution is 2.31. The predicted molar refractivity (Wildman–Crippen MR) is 73.4 cm³/mol. The lowest BCUT2D eigenvalue weighted by Gasteiger charge is -2.09. The van der Waals surface area contributed by atoms with Crippen molar-refractivity contribution in [3.8, 4) is 0 Å². The lowest BCUT2D eigenvalue weighted by Crippen LogP contribution is -2.10. The summed E-state index contributed by atoms with van der Waals surface area (Å²) in [5.74, 6) is 0.510. The summed E-state index contributed by atoms with van der Waals surface area (Å²) in [6.45, 7) is 2.72. The summed E-state index contributed by atoms with van der Waals surface area (Å²) in [5, 5.41) is 17.3. The number of nitro groups is 1. The van der Waals surface area contributed by atoms with Gasteiger partial charge in [0, 0.05) is 13.6 Å². The molecular formula is C10H17N5O2S. The van der Waals surface area contributed by atoms with Crippen molar-refractivity contribution in [2.24, 2.45) is 0 Å². The number of anilines is 2. The Bertz CT molecular complexity index is 427. The van der Waals surface area contributed by atoms with Gasteiger partial charge in [0.15, 0.2) is 5.16 Å². The Labute approximate surface area is 110 Å². The number of hydrogen-bond donors (Lipinski definition) is 2. The van der Waals surface area contributed by atoms with E-state index < -0.39 is 4.92 Å². The molecule has 100 valence electrons. The Kier molecular flexibility index (Phi) is 5.63. The molecule has 0 aliphatic rings. The van der Waals surface area contributed by atoms with Crippen LogP contribution in [0.25, 0.3) is 0 Å². The van der Waals surface area contributed by atoms with Crippen LogP contribution in [0.4, 0.5) is 17.3 Å². The van der Waals surface area contributed by atoms with Crippen LogP contribution in [0, 0.1) is 10.1 Å². The van der Waals surface area contributed by atoms with Crippen molar-refractivity contribution in [1.82, 2.24) is 9.97 Å². The number of thioether (sulfide) groups is 1. The fraction of sp³-hybridized carbons (Fsp3) is 0.600. The van der Waals surface area contributed by atoms with Crippen molar-refractivity contribution in [2.75, 3.05) is 30.5 Å². The van der Waals surface area contributed by atoms with Gasteiger partial charge in [0.25, 0.3) is 0 Å². The standard InChI is InChI=1S/C10H17N5O2S/c1-4-5-6-12-9-7(15(16)17)8(11-2)13-10(14-9)18-3/h4-6H2,1-3H3,(H2,11,12,13,14). The van der Waals surface area contributed by atoms with E-state index in [0.29, 0.717) is 11.7 Å². The monoisotopic (exact) mass is 271 g/mol. The van der Waals surface area contributed by atoms with Crippen LogP contribution in [-0.2, 0) is 0 Å². The summed E-state index contributed by atoms with van der Waals surface area (Å²) in [5.41, 5.74) is -0.105. The summed E-state index contributed by atoms with van der Waals surface area (Å²) in [6.07, 6.45) is 3.78. The normalized spacial score (nSPS) is 10.2. The average molecular weight is 271 g/mol. The van der Waals surface area contributed by atoms with Crippen LogP contribution in [0.1, 0.15) is 19.8 Å². The fourth-order valence-corrected chi connectivity index (χ4v) is 1.74. The molecule has 0 saturated heterocycles. The molecule has 1 rings (SSSR count). The molecule has 1 aromatic heterocycles. The van der Waals surface area contributed by atoms with Crippen LogP contribution in [0.3, 0.4) is 0 Å². The molecule has 0 amide bonds. The maximum Gasteiger partial charge on any atom is 0.353 e. The summed E-state index contributed by atoms with van der Waals surface area (Å²) < 4.78 is 0. The van der Waals surface area contributed by atoms with Gasteiger partial charge in [-0.25, -0.2) is 0 Å². The Morgan fingerprint density at radius 3 is 2.56 bits per heavy atom. The zero-order chi connectivity index (χ0) is 13.5. The van der Waals surface area contributed by atoms with Crippen LogP contribution >= 0.6 is 11.8 Å². The van der Waals surface area contributed by atoms with Gasteiger partial charge >= 0.3 is 5.69 Å². The molecule has 8 heteroatoms. The molecule has 0 aliphatic heterocycles. The number of rotatable bonds is 7. The average Bonchev–Trinajstić information content (AvgIpc) is 2.37. The van der Waals surface area contributed by atoms with E-state index in [1.165, 1.54) is 11.8 Å². The summed E-state index contributed by atoms with van der Waals surface area (Å²) in [4.78, 5) is 18.8. The van der Waals surface area contributed by atoms with Crippen molar-refractivity contribution in [3.63, 3.8) is 0 Å². The number of nitrogens with zero attached hydrogens (tertiary/aromatic N) is 3. The molecule has 0 aliphatic carbocycles. The van der Waals surface area contributed by atoms with Crippen LogP contribution in [0.5, 0.6) is 0 Å². The molecule has 1 heterocycles. The Balaban J connectivity index is 3.13. The molecule has 7 nitrogen and oxygen atoms in total. The van der Waals surface area contributed by atoms with Crippen LogP contribution < -0.4 is 10.6 Å². The first-order chi connectivity index (χ1) is 8.63. The molecule has 0 aromatic carbocycles. The van der Waals surface area contributed by atoms with Gasteiger partial charge in [-0.05, 0) is 12.7 Å². The number of nitrogens with one attached hydrogen (secondary N) is 2. The minimum absolute atomic E-state index is 0.105. The van der Waals surface area contributed by atoms with Crippen LogP contribution in [0.2, 0.25) is 0 Å². The van der Waals surface area contributed by atoms with Crippen molar-refractivity contribution < 1.29 is 4.92 Å². The molecule has 0 saturated carbocycles. The van der Waals surface area contributed by atoms with E-state index in [0.717, 1.165) is 12.8 Å². The minimum atomic E-state index is -0.468. The molecule has 0 spiro atoms. The lowest BCUT2D eigenvalue weighted by molar-refractivity contribution is -0.383. The molecular weight excluding hydrogens is 254 g/mol. The molecule has 0 radical (unpaired) electrons. The second kappa shape index (κ2) is 7.00. The Hall–Kier alpha value is -1.57. The largest absolute Gasteiger partial charge is 0.367 e. The highest BCUT2D eigenvalue weighted by Gasteiger charge is 2.23. The van der Waals surface area contributed by atoms with E-state index in [-0.39, 0.29) is 17.3 Å². The first-order valence-electron chi connectivity index (χ1n) is 5.66. The van der Waals surface area contributed by atoms with Gasteiger partial charge in [-0.2, -0.15) is 9.97 Å². The number of aromatic nitrogens is 2. The van der Waals surface area contributed by atoms with Crippen LogP contribution in [0.15, 0.2) is 5.16 Å². The quantitative estimate of drug-likeness (QED) is 0.258. The first-order valence-corrected chi connectivity index (χ1v) is 6.88. The van der Waals surface area contributed by atoms with Gasteiger partial charge in [-0.1, -0.05) is 25.1 Å². The van der Waals surface area contributed by atoms with Gasteiger partial charge in [0.05, 0.1) is 4.92 Å². The molecule has 0 fully saturated rings. The van der Waals surface area contributed by atoms with Crippen molar-refractivity contribution >= 4 is 29.1 Å². The summed E-state index contributed by atoms with van der Waals surface area (Å²) in [6, 6.07) is 0. The SMILES string of the molecule is CCCCNc1nc(SC)nc(NC)c1[N+](=O)[O-]. The minimum Gasteiger partial charge on any atom is -0.367 e. The van der Waals surface area contributed by atoms with E-state index in [9.17, 15) is 10.1 Å². The van der Waals surface area contributed by atoms with E-state index in [1.807, 2.05) is 6.26 Å². The van der Waals surface area contributed by atoms with E-state index in [2.05, 4.69) is 27.5 Å². The lowest BCUT2D eigenvalue weighted by atomic mass is 10.3. The number of hydrogen-bond acceptors (Lipinski definition) is 7. The third-order valence-electron chi connectivity index (χ3n) is 2.29. The number of unbranched alkanes of at least 4 members (excludes halogenated alkanes) is 1. The zero-order valence-electron chi connectivity index (χ0n) is 10.7. The van der Waals surface area contributed by atoms with E-state index in [4.69, 9.17) is 0 Å². The summed E-state index contributed by atoms with van der Waals surface area (Å²) >= 11 is 1.35. The third-order valence-corrected chi connectivity index (χ3v) is 2.84. The maximum atomic E-state index is 11.1. The van der Waals surface area contributed by atoms with Gasteiger partial charge in [0.2, 0.25) is 11.6 Å². The molecule has 0 unspecified atom stereocenters. The van der Waals surface area contributed by atoms with Gasteiger partial charge in [-0.3, -0.25) is 10.1 Å². The van der Waals surface area contributed by atoms with Gasteiger partial charge in [-0.15, -0.1) is 0 Å². The molecule has 1 aromatic rings. The fourth-order valence-electron chi connectivity index (χ4n) is 1.38. The van der Waals surface area contributed by atoms with Crippen molar-refractivity contribution in [1.29, 1.82) is 0 Å². The second-order valence-corrected chi connectivity index (χ2v) is 4.32. The Morgan fingerprint density at radius 1 is 1.39 bits per heavy atom. The highest BCUT2D eigenvalue weighted by molar-refractivity contribution is 7.98. The molecule has 0 atom stereocenters. The van der Waals surface area contributed by atoms with E-state index in [1.54, 1.807) is 7.05 Å². The van der Waals surface area contributed by atoms with Gasteiger partial charge in [0.1, 0.15) is 0 Å². The van der Waals surface area contributed by atoms with Crippen molar-refractivity contribution in [3.05, 3.63) is 10.1 Å². The summed E-state index contributed by atoms with van der Waals surface area (Å²) in [7, 11) is 1.61.